The monoisotopic (exact) mass is 440 g/mol. The van der Waals surface area contributed by atoms with Crippen LogP contribution in [0.15, 0.2) is 60.8 Å². The van der Waals surface area contributed by atoms with Gasteiger partial charge in [-0.25, -0.2) is 0 Å². The highest BCUT2D eigenvalue weighted by Crippen LogP contribution is 2.35. The van der Waals surface area contributed by atoms with E-state index in [1.54, 1.807) is 0 Å². The summed E-state index contributed by atoms with van der Waals surface area (Å²) in [5.74, 6) is 1.77. The second-order valence-corrected chi connectivity index (χ2v) is 9.45. The molecule has 0 bridgehead atoms. The molecule has 0 unspecified atom stereocenters. The minimum atomic E-state index is -0.0119. The van der Waals surface area contributed by atoms with E-state index in [0.717, 1.165) is 51.4 Å². The van der Waals surface area contributed by atoms with Gasteiger partial charge in [-0.2, -0.15) is 0 Å². The average Bonchev–Trinajstić information content (AvgIpc) is 2.75. The van der Waals surface area contributed by atoms with Crippen LogP contribution >= 0.6 is 0 Å². The third-order valence-corrected chi connectivity index (χ3v) is 6.15. The van der Waals surface area contributed by atoms with Gasteiger partial charge in [0, 0.05) is 6.42 Å². The molecule has 2 heteroatoms. The highest BCUT2D eigenvalue weighted by molar-refractivity contribution is 5.69. The third-order valence-electron chi connectivity index (χ3n) is 6.15. The molecule has 3 atom stereocenters. The fourth-order valence-electron chi connectivity index (χ4n) is 4.21. The topological polar surface area (TPSA) is 26.3 Å². The van der Waals surface area contributed by atoms with Crippen LogP contribution in [0.1, 0.15) is 98.3 Å². The molecule has 0 aromatic rings. The molecule has 0 saturated heterocycles. The van der Waals surface area contributed by atoms with Crippen LogP contribution in [-0.2, 0) is 9.53 Å². The Morgan fingerprint density at radius 3 is 1.91 bits per heavy atom. The van der Waals surface area contributed by atoms with Crippen molar-refractivity contribution in [3.63, 3.8) is 0 Å². The van der Waals surface area contributed by atoms with Crippen molar-refractivity contribution >= 4 is 5.97 Å². The average molecular weight is 441 g/mol. The van der Waals surface area contributed by atoms with Crippen LogP contribution in [0.2, 0.25) is 0 Å². The van der Waals surface area contributed by atoms with Crippen molar-refractivity contribution in [3.8, 4) is 0 Å². The summed E-state index contributed by atoms with van der Waals surface area (Å²) >= 11 is 0. The van der Waals surface area contributed by atoms with Crippen LogP contribution in [0.5, 0.6) is 0 Å². The molecule has 0 aliphatic heterocycles. The van der Waals surface area contributed by atoms with Crippen LogP contribution < -0.4 is 0 Å². The zero-order valence-corrected chi connectivity index (χ0v) is 21.2. The smallest absolute Gasteiger partial charge is 0.306 e. The molecule has 0 radical (unpaired) electrons. The van der Waals surface area contributed by atoms with E-state index < -0.39 is 0 Å². The normalized spacial score (nSPS) is 22.5. The molecule has 0 aromatic heterocycles. The molecular weight excluding hydrogens is 392 g/mol. The van der Waals surface area contributed by atoms with Crippen molar-refractivity contribution in [2.45, 2.75) is 104 Å². The number of carbonyl (C=O) groups is 1. The summed E-state index contributed by atoms with van der Waals surface area (Å²) in [6, 6.07) is 0. The molecule has 0 aromatic carbocycles. The summed E-state index contributed by atoms with van der Waals surface area (Å²) in [7, 11) is 0. The summed E-state index contributed by atoms with van der Waals surface area (Å²) < 4.78 is 5.88. The van der Waals surface area contributed by atoms with Gasteiger partial charge in [-0.1, -0.05) is 94.9 Å². The van der Waals surface area contributed by atoms with E-state index in [-0.39, 0.29) is 12.1 Å². The minimum absolute atomic E-state index is 0.0119. The quantitative estimate of drug-likeness (QED) is 0.144. The van der Waals surface area contributed by atoms with Gasteiger partial charge in [0.05, 0.1) is 0 Å². The lowest BCUT2D eigenvalue weighted by atomic mass is 9.75. The van der Waals surface area contributed by atoms with Crippen LogP contribution in [0, 0.1) is 17.8 Å². The molecule has 0 spiro atoms. The Kier molecular flexibility index (Phi) is 16.5. The maximum absolute atomic E-state index is 12.3. The number of hydrogen-bond donors (Lipinski definition) is 0. The van der Waals surface area contributed by atoms with Crippen molar-refractivity contribution in [3.05, 3.63) is 60.8 Å². The second kappa shape index (κ2) is 18.7. The largest absolute Gasteiger partial charge is 0.462 e. The first kappa shape index (κ1) is 28.2. The molecule has 0 amide bonds. The lowest BCUT2D eigenvalue weighted by molar-refractivity contribution is -0.156. The first-order chi connectivity index (χ1) is 15.5. The molecule has 1 saturated carbocycles. The summed E-state index contributed by atoms with van der Waals surface area (Å²) in [5, 5.41) is 0. The van der Waals surface area contributed by atoms with E-state index in [2.05, 4.69) is 88.5 Å². The van der Waals surface area contributed by atoms with E-state index >= 15 is 0 Å². The Balaban J connectivity index is 2.07. The maximum atomic E-state index is 12.3. The first-order valence-corrected chi connectivity index (χ1v) is 13.0. The van der Waals surface area contributed by atoms with E-state index in [4.69, 9.17) is 4.74 Å². The van der Waals surface area contributed by atoms with Gasteiger partial charge in [-0.15, -0.1) is 0 Å². The zero-order valence-electron chi connectivity index (χ0n) is 21.2. The molecule has 1 rings (SSSR count). The van der Waals surface area contributed by atoms with Gasteiger partial charge in [0.2, 0.25) is 0 Å². The number of allylic oxidation sites excluding steroid dienone is 10. The van der Waals surface area contributed by atoms with Gasteiger partial charge in [-0.05, 0) is 75.5 Å². The van der Waals surface area contributed by atoms with Crippen LogP contribution in [0.4, 0.5) is 0 Å². The van der Waals surface area contributed by atoms with Gasteiger partial charge in [0.15, 0.2) is 0 Å². The highest BCUT2D eigenvalue weighted by atomic mass is 16.5. The van der Waals surface area contributed by atoms with Crippen molar-refractivity contribution < 1.29 is 9.53 Å². The van der Waals surface area contributed by atoms with Gasteiger partial charge >= 0.3 is 5.97 Å². The lowest BCUT2D eigenvalue weighted by Crippen LogP contribution is -2.35. The van der Waals surface area contributed by atoms with Crippen molar-refractivity contribution in [2.24, 2.45) is 17.8 Å². The van der Waals surface area contributed by atoms with Gasteiger partial charge < -0.3 is 4.74 Å². The number of unbranched alkanes of at least 4 members (excludes halogenated alkanes) is 1. The summed E-state index contributed by atoms with van der Waals surface area (Å²) in [6.45, 7) is 8.94. The number of carbonyl (C=O) groups excluding carboxylic acids is 1. The fraction of sp³-hybridized carbons (Fsp3) is 0.633. The van der Waals surface area contributed by atoms with Gasteiger partial charge in [0.25, 0.3) is 0 Å². The molecule has 1 aliphatic carbocycles. The molecule has 180 valence electrons. The van der Waals surface area contributed by atoms with Crippen LogP contribution in [0.3, 0.4) is 0 Å². The Bertz CT molecular complexity index is 621. The van der Waals surface area contributed by atoms with Crippen LogP contribution in [-0.4, -0.2) is 12.1 Å². The van der Waals surface area contributed by atoms with Crippen LogP contribution in [0.25, 0.3) is 0 Å². The summed E-state index contributed by atoms with van der Waals surface area (Å²) in [4.78, 5) is 12.3. The number of hydrogen-bond acceptors (Lipinski definition) is 2. The van der Waals surface area contributed by atoms with E-state index in [1.807, 2.05) is 0 Å². The Labute approximate surface area is 198 Å². The third kappa shape index (κ3) is 14.3. The first-order valence-electron chi connectivity index (χ1n) is 13.0. The SMILES string of the molecule is CC/C=C\C/C=C\C/C=C\C/C=C\C/C=C\CCCC(=O)O[C@@H]1C[C@H](C)CC[C@H]1C(C)C. The van der Waals surface area contributed by atoms with E-state index in [1.165, 1.54) is 12.8 Å². The Hall–Kier alpha value is -1.83. The highest BCUT2D eigenvalue weighted by Gasteiger charge is 2.33. The van der Waals surface area contributed by atoms with Crippen molar-refractivity contribution in [1.82, 2.24) is 0 Å². The summed E-state index contributed by atoms with van der Waals surface area (Å²) in [5.41, 5.74) is 0. The van der Waals surface area contributed by atoms with Crippen molar-refractivity contribution in [2.75, 3.05) is 0 Å². The Morgan fingerprint density at radius 1 is 0.844 bits per heavy atom. The number of ether oxygens (including phenoxy) is 1. The number of esters is 1. The molecule has 32 heavy (non-hydrogen) atoms. The molecule has 0 N–H and O–H groups in total. The lowest BCUT2D eigenvalue weighted by Gasteiger charge is -2.36. The Morgan fingerprint density at radius 2 is 1.38 bits per heavy atom. The predicted molar refractivity (Wildman–Crippen MR) is 140 cm³/mol. The van der Waals surface area contributed by atoms with Gasteiger partial charge in [-0.3, -0.25) is 4.79 Å². The number of rotatable bonds is 15. The maximum Gasteiger partial charge on any atom is 0.306 e. The molecule has 0 heterocycles. The fourth-order valence-corrected chi connectivity index (χ4v) is 4.21. The molecule has 1 fully saturated rings. The molecule has 1 aliphatic rings. The zero-order chi connectivity index (χ0) is 23.4. The van der Waals surface area contributed by atoms with E-state index in [9.17, 15) is 4.79 Å². The van der Waals surface area contributed by atoms with E-state index in [0.29, 0.717) is 24.2 Å². The van der Waals surface area contributed by atoms with Gasteiger partial charge in [0.1, 0.15) is 6.10 Å². The minimum Gasteiger partial charge on any atom is -0.462 e. The predicted octanol–water partition coefficient (Wildman–Crippen LogP) is 8.91. The molecule has 2 nitrogen and oxygen atoms in total. The standard InChI is InChI=1S/C30H48O2/c1-5-6-7-8-9-10-11-12-13-14-15-16-17-18-19-20-21-22-30(31)32-29-25-27(4)23-24-28(29)26(2)3/h6-7,9-10,12-13,15-16,18-19,26-29H,5,8,11,14,17,20-25H2,1-4H3/b7-6-,10-9-,13-12-,16-15-,19-18-/t27-,28+,29-/m1/s1. The summed E-state index contributed by atoms with van der Waals surface area (Å²) in [6.07, 6.45) is 33.1. The second-order valence-electron chi connectivity index (χ2n) is 9.45. The van der Waals surface area contributed by atoms with Crippen molar-refractivity contribution in [1.29, 1.82) is 0 Å². The molecular formula is C30H48O2.